The number of sulfonamides is 1. The van der Waals surface area contributed by atoms with Gasteiger partial charge < -0.3 is 25.6 Å². The SMILES string of the molecule is CC(C)C(NC(=O)[C@@H]1CCCN1C(=O)[C@@H](NC(=O)c1ccc(C(=O)NS(=O)(=O)c2ccc(Cl)cc2)cc1)C(C)C)B(O)O. The van der Waals surface area contributed by atoms with Crippen LogP contribution in [0.15, 0.2) is 53.4 Å². The third-order valence-corrected chi connectivity index (χ3v) is 8.77. The topological polar surface area (TPSA) is 182 Å². The van der Waals surface area contributed by atoms with E-state index < -0.39 is 58.8 Å². The van der Waals surface area contributed by atoms with Gasteiger partial charge in [-0.25, -0.2) is 13.1 Å². The first-order valence-electron chi connectivity index (χ1n) is 13.8. The lowest BCUT2D eigenvalue weighted by Crippen LogP contribution is -2.58. The second kappa shape index (κ2) is 14.3. The fraction of sp³-hybridized carbons (Fsp3) is 0.429. The standard InChI is InChI=1S/C28H36BClN4O8S/c1-16(2)23(28(38)34-15-5-6-22(34)27(37)32-24(17(3)4)29(39)40)31-25(35)18-7-9-19(10-8-18)26(36)33-43(41,42)21-13-11-20(30)12-14-21/h7-14,16-17,22-24,39-40H,5-6,15H2,1-4H3,(H,31,35)(H,32,37)(H,33,36)/t22-,23-,24?/m0/s1. The Morgan fingerprint density at radius 2 is 1.44 bits per heavy atom. The van der Waals surface area contributed by atoms with E-state index in [9.17, 15) is 37.6 Å². The Balaban J connectivity index is 1.68. The summed E-state index contributed by atoms with van der Waals surface area (Å²) in [4.78, 5) is 53.5. The lowest BCUT2D eigenvalue weighted by molar-refractivity contribution is -0.140. The molecule has 1 heterocycles. The number of nitrogens with zero attached hydrogens (tertiary/aromatic N) is 1. The summed E-state index contributed by atoms with van der Waals surface area (Å²) in [7, 11) is -5.91. The molecule has 1 aliphatic heterocycles. The van der Waals surface area contributed by atoms with Gasteiger partial charge in [-0.2, -0.15) is 0 Å². The number of likely N-dealkylation sites (tertiary alicyclic amines) is 1. The van der Waals surface area contributed by atoms with Crippen LogP contribution in [0.25, 0.3) is 0 Å². The van der Waals surface area contributed by atoms with Crippen molar-refractivity contribution < 1.29 is 37.6 Å². The van der Waals surface area contributed by atoms with Gasteiger partial charge in [0.15, 0.2) is 0 Å². The molecule has 1 saturated heterocycles. The van der Waals surface area contributed by atoms with Crippen molar-refractivity contribution in [2.45, 2.75) is 63.5 Å². The molecule has 232 valence electrons. The van der Waals surface area contributed by atoms with E-state index in [4.69, 9.17) is 11.6 Å². The molecule has 4 amide bonds. The molecule has 0 radical (unpaired) electrons. The molecule has 12 nitrogen and oxygen atoms in total. The van der Waals surface area contributed by atoms with Gasteiger partial charge in [-0.05, 0) is 73.2 Å². The summed E-state index contributed by atoms with van der Waals surface area (Å²) in [5, 5.41) is 24.9. The summed E-state index contributed by atoms with van der Waals surface area (Å²) in [6.45, 7) is 7.26. The van der Waals surface area contributed by atoms with Crippen molar-refractivity contribution in [3.05, 3.63) is 64.7 Å². The summed E-state index contributed by atoms with van der Waals surface area (Å²) >= 11 is 5.79. The van der Waals surface area contributed by atoms with Crippen LogP contribution < -0.4 is 15.4 Å². The molecule has 0 bridgehead atoms. The summed E-state index contributed by atoms with van der Waals surface area (Å²) in [5.41, 5.74) is 0.118. The van der Waals surface area contributed by atoms with Crippen LogP contribution in [-0.4, -0.2) is 78.7 Å². The van der Waals surface area contributed by atoms with Gasteiger partial charge >= 0.3 is 7.12 Å². The van der Waals surface area contributed by atoms with Crippen molar-refractivity contribution in [1.82, 2.24) is 20.3 Å². The number of halogens is 1. The average Bonchev–Trinajstić information content (AvgIpc) is 3.44. The molecule has 0 spiro atoms. The van der Waals surface area contributed by atoms with Gasteiger partial charge in [0.05, 0.1) is 10.8 Å². The molecule has 1 fully saturated rings. The van der Waals surface area contributed by atoms with Crippen LogP contribution in [0.1, 0.15) is 61.3 Å². The molecular weight excluding hydrogens is 599 g/mol. The van der Waals surface area contributed by atoms with Gasteiger partial charge in [-0.3, -0.25) is 19.2 Å². The minimum absolute atomic E-state index is 0.0100. The van der Waals surface area contributed by atoms with Crippen LogP contribution in [-0.2, 0) is 19.6 Å². The first-order chi connectivity index (χ1) is 20.1. The Labute approximate surface area is 256 Å². The number of amides is 4. The molecule has 0 saturated carbocycles. The zero-order chi connectivity index (χ0) is 32.1. The van der Waals surface area contributed by atoms with Crippen molar-refractivity contribution in [2.75, 3.05) is 6.54 Å². The van der Waals surface area contributed by atoms with Gasteiger partial charge in [0.25, 0.3) is 21.8 Å². The van der Waals surface area contributed by atoms with Crippen molar-refractivity contribution in [1.29, 1.82) is 0 Å². The highest BCUT2D eigenvalue weighted by molar-refractivity contribution is 7.90. The lowest BCUT2D eigenvalue weighted by Gasteiger charge is -2.32. The predicted molar refractivity (Wildman–Crippen MR) is 160 cm³/mol. The maximum atomic E-state index is 13.5. The third kappa shape index (κ3) is 8.56. The normalized spacial score (nSPS) is 16.5. The number of rotatable bonds is 11. The maximum Gasteiger partial charge on any atom is 0.475 e. The smallest absolute Gasteiger partial charge is 0.426 e. The van der Waals surface area contributed by atoms with Crippen molar-refractivity contribution in [2.24, 2.45) is 11.8 Å². The van der Waals surface area contributed by atoms with Crippen LogP contribution in [0.3, 0.4) is 0 Å². The van der Waals surface area contributed by atoms with Crippen LogP contribution in [0, 0.1) is 11.8 Å². The van der Waals surface area contributed by atoms with Gasteiger partial charge in [0, 0.05) is 22.7 Å². The van der Waals surface area contributed by atoms with Crippen molar-refractivity contribution >= 4 is 52.4 Å². The predicted octanol–water partition coefficient (Wildman–Crippen LogP) is 1.36. The van der Waals surface area contributed by atoms with E-state index >= 15 is 0 Å². The second-order valence-electron chi connectivity index (χ2n) is 11.0. The molecule has 43 heavy (non-hydrogen) atoms. The fourth-order valence-corrected chi connectivity index (χ4v) is 5.79. The molecule has 2 aromatic carbocycles. The van der Waals surface area contributed by atoms with Gasteiger partial charge in [0.1, 0.15) is 12.1 Å². The quantitative estimate of drug-likeness (QED) is 0.230. The summed E-state index contributed by atoms with van der Waals surface area (Å²) in [6, 6.07) is 8.72. The second-order valence-corrected chi connectivity index (χ2v) is 13.2. The summed E-state index contributed by atoms with van der Waals surface area (Å²) in [5.74, 6) is -3.96. The van der Waals surface area contributed by atoms with E-state index in [1.54, 1.807) is 27.7 Å². The fourth-order valence-electron chi connectivity index (χ4n) is 4.69. The van der Waals surface area contributed by atoms with E-state index in [-0.39, 0.29) is 27.9 Å². The molecule has 3 rings (SSSR count). The van der Waals surface area contributed by atoms with E-state index in [1.807, 2.05) is 4.72 Å². The molecule has 3 atom stereocenters. The van der Waals surface area contributed by atoms with Gasteiger partial charge in [-0.15, -0.1) is 0 Å². The molecule has 15 heteroatoms. The van der Waals surface area contributed by atoms with E-state index in [0.29, 0.717) is 24.4 Å². The van der Waals surface area contributed by atoms with E-state index in [2.05, 4.69) is 10.6 Å². The Morgan fingerprint density at radius 3 is 1.95 bits per heavy atom. The number of benzene rings is 2. The highest BCUT2D eigenvalue weighted by Crippen LogP contribution is 2.22. The van der Waals surface area contributed by atoms with E-state index in [1.165, 1.54) is 53.4 Å². The van der Waals surface area contributed by atoms with E-state index in [0.717, 1.165) is 0 Å². The maximum absolute atomic E-state index is 13.5. The molecule has 0 aromatic heterocycles. The van der Waals surface area contributed by atoms with Crippen molar-refractivity contribution in [3.8, 4) is 0 Å². The largest absolute Gasteiger partial charge is 0.475 e. The Kier molecular flexibility index (Phi) is 11.4. The van der Waals surface area contributed by atoms with Gasteiger partial charge in [-0.1, -0.05) is 39.3 Å². The Bertz CT molecular complexity index is 1430. The summed E-state index contributed by atoms with van der Waals surface area (Å²) < 4.78 is 27.0. The zero-order valence-corrected chi connectivity index (χ0v) is 25.9. The lowest BCUT2D eigenvalue weighted by atomic mass is 9.73. The first kappa shape index (κ1) is 34.0. The molecular formula is C28H36BClN4O8S. The Hall–Kier alpha value is -3.46. The van der Waals surface area contributed by atoms with Crippen molar-refractivity contribution in [3.63, 3.8) is 0 Å². The minimum Gasteiger partial charge on any atom is -0.426 e. The molecule has 2 aromatic rings. The van der Waals surface area contributed by atoms with Crippen LogP contribution in [0.2, 0.25) is 5.02 Å². The molecule has 5 N–H and O–H groups in total. The number of carbonyl (C=O) groups is 4. The molecule has 0 aliphatic carbocycles. The number of hydrogen-bond acceptors (Lipinski definition) is 8. The van der Waals surface area contributed by atoms with Gasteiger partial charge in [0.2, 0.25) is 11.8 Å². The third-order valence-electron chi connectivity index (χ3n) is 7.17. The number of nitrogens with one attached hydrogen (secondary N) is 3. The number of hydrogen-bond donors (Lipinski definition) is 5. The molecule has 1 aliphatic rings. The van der Waals surface area contributed by atoms with Crippen LogP contribution >= 0.6 is 11.6 Å². The first-order valence-corrected chi connectivity index (χ1v) is 15.7. The van der Waals surface area contributed by atoms with Crippen LogP contribution in [0.5, 0.6) is 0 Å². The number of carbonyl (C=O) groups excluding carboxylic acids is 4. The average molecular weight is 635 g/mol. The monoisotopic (exact) mass is 634 g/mol. The van der Waals surface area contributed by atoms with Crippen LogP contribution in [0.4, 0.5) is 0 Å². The highest BCUT2D eigenvalue weighted by Gasteiger charge is 2.40. The Morgan fingerprint density at radius 1 is 0.884 bits per heavy atom. The minimum atomic E-state index is -4.15. The highest BCUT2D eigenvalue weighted by atomic mass is 35.5. The molecule has 1 unspecified atom stereocenters. The summed E-state index contributed by atoms with van der Waals surface area (Å²) in [6.07, 6.45) is 0.952. The zero-order valence-electron chi connectivity index (χ0n) is 24.3.